The molecule has 2 aliphatic rings. The minimum absolute atomic E-state index is 0.440. The second-order valence-corrected chi connectivity index (χ2v) is 3.48. The third kappa shape index (κ3) is 0.891. The molecule has 0 radical (unpaired) electrons. The van der Waals surface area contributed by atoms with Gasteiger partial charge >= 0.3 is 0 Å². The summed E-state index contributed by atoms with van der Waals surface area (Å²) in [5, 5.41) is 0. The topological polar surface area (TPSA) is 26.0 Å². The van der Waals surface area contributed by atoms with Crippen LogP contribution in [-0.4, -0.2) is 6.04 Å². The van der Waals surface area contributed by atoms with Gasteiger partial charge in [-0.2, -0.15) is 0 Å². The zero-order chi connectivity index (χ0) is 6.97. The molecule has 1 heteroatoms. The molecule has 0 aromatic carbocycles. The van der Waals surface area contributed by atoms with Crippen LogP contribution in [0.15, 0.2) is 11.1 Å². The fourth-order valence-electron chi connectivity index (χ4n) is 2.23. The minimum atomic E-state index is 0.440. The summed E-state index contributed by atoms with van der Waals surface area (Å²) in [4.78, 5) is 0. The number of allylic oxidation sites excluding steroid dienone is 1. The van der Waals surface area contributed by atoms with Gasteiger partial charge in [0.05, 0.1) is 0 Å². The van der Waals surface area contributed by atoms with Crippen molar-refractivity contribution in [1.29, 1.82) is 0 Å². The molecule has 2 N–H and O–H groups in total. The smallest absolute Gasteiger partial charge is 0.0259 e. The van der Waals surface area contributed by atoms with Gasteiger partial charge in [0.15, 0.2) is 0 Å². The van der Waals surface area contributed by atoms with Crippen molar-refractivity contribution < 1.29 is 0 Å². The lowest BCUT2D eigenvalue weighted by molar-refractivity contribution is 0.653. The average molecular weight is 137 g/mol. The van der Waals surface area contributed by atoms with E-state index >= 15 is 0 Å². The molecule has 0 heterocycles. The Hall–Kier alpha value is -0.300. The summed E-state index contributed by atoms with van der Waals surface area (Å²) < 4.78 is 0. The Morgan fingerprint density at radius 3 is 2.70 bits per heavy atom. The maximum atomic E-state index is 5.93. The molecule has 56 valence electrons. The monoisotopic (exact) mass is 137 g/mol. The largest absolute Gasteiger partial charge is 0.324 e. The number of hydrogen-bond acceptors (Lipinski definition) is 1. The summed E-state index contributed by atoms with van der Waals surface area (Å²) in [7, 11) is 0. The Balaban J connectivity index is 2.20. The third-order valence-corrected chi connectivity index (χ3v) is 2.83. The molecule has 0 aromatic heterocycles. The van der Waals surface area contributed by atoms with Crippen LogP contribution in [0.4, 0.5) is 0 Å². The van der Waals surface area contributed by atoms with Crippen LogP contribution in [0.2, 0.25) is 0 Å². The Bertz CT molecular complexity index is 170. The van der Waals surface area contributed by atoms with E-state index in [2.05, 4.69) is 0 Å². The van der Waals surface area contributed by atoms with Crippen molar-refractivity contribution in [3.63, 3.8) is 0 Å². The highest BCUT2D eigenvalue weighted by atomic mass is 14.7. The quantitative estimate of drug-likeness (QED) is 0.507. The zero-order valence-electron chi connectivity index (χ0n) is 6.40. The first-order valence-corrected chi connectivity index (χ1v) is 4.34. The SMILES string of the molecule is N[C@@H]1CCC2=C1CCCC2. The number of hydrogen-bond donors (Lipinski definition) is 1. The van der Waals surface area contributed by atoms with Crippen molar-refractivity contribution in [3.05, 3.63) is 11.1 Å². The van der Waals surface area contributed by atoms with E-state index < -0.39 is 0 Å². The van der Waals surface area contributed by atoms with Crippen molar-refractivity contribution in [2.75, 3.05) is 0 Å². The van der Waals surface area contributed by atoms with Crippen molar-refractivity contribution in [3.8, 4) is 0 Å². The van der Waals surface area contributed by atoms with Gasteiger partial charge in [0.25, 0.3) is 0 Å². The molecule has 0 unspecified atom stereocenters. The van der Waals surface area contributed by atoms with Gasteiger partial charge in [-0.1, -0.05) is 11.1 Å². The summed E-state index contributed by atoms with van der Waals surface area (Å²) in [5.41, 5.74) is 9.26. The number of nitrogens with two attached hydrogens (primary N) is 1. The van der Waals surface area contributed by atoms with E-state index in [1.54, 1.807) is 11.1 Å². The minimum Gasteiger partial charge on any atom is -0.324 e. The normalized spacial score (nSPS) is 32.7. The first kappa shape index (κ1) is 6.41. The van der Waals surface area contributed by atoms with Crippen LogP contribution < -0.4 is 5.73 Å². The predicted molar refractivity (Wildman–Crippen MR) is 42.7 cm³/mol. The summed E-state index contributed by atoms with van der Waals surface area (Å²) in [6, 6.07) is 0.440. The number of rotatable bonds is 0. The Labute approximate surface area is 62.3 Å². The highest BCUT2D eigenvalue weighted by Gasteiger charge is 2.23. The first-order valence-electron chi connectivity index (χ1n) is 4.34. The second-order valence-electron chi connectivity index (χ2n) is 3.48. The Morgan fingerprint density at radius 1 is 1.10 bits per heavy atom. The molecule has 2 rings (SSSR count). The maximum Gasteiger partial charge on any atom is 0.0259 e. The standard InChI is InChI=1S/C9H15N/c10-9-6-5-7-3-1-2-4-8(7)9/h9H,1-6,10H2/t9-/m1/s1. The molecule has 2 aliphatic carbocycles. The van der Waals surface area contributed by atoms with Gasteiger partial charge in [-0.15, -0.1) is 0 Å². The molecule has 1 atom stereocenters. The van der Waals surface area contributed by atoms with Crippen LogP contribution in [0.25, 0.3) is 0 Å². The molecule has 0 bridgehead atoms. The zero-order valence-corrected chi connectivity index (χ0v) is 6.40. The summed E-state index contributed by atoms with van der Waals surface area (Å²) >= 11 is 0. The van der Waals surface area contributed by atoms with Crippen LogP contribution in [0.3, 0.4) is 0 Å². The molecular weight excluding hydrogens is 122 g/mol. The molecular formula is C9H15N. The fraction of sp³-hybridized carbons (Fsp3) is 0.778. The molecule has 0 saturated heterocycles. The maximum absolute atomic E-state index is 5.93. The van der Waals surface area contributed by atoms with E-state index in [9.17, 15) is 0 Å². The molecule has 0 saturated carbocycles. The lowest BCUT2D eigenvalue weighted by Gasteiger charge is -2.15. The Kier molecular flexibility index (Phi) is 1.53. The van der Waals surface area contributed by atoms with Crippen molar-refractivity contribution >= 4 is 0 Å². The lowest BCUT2D eigenvalue weighted by atomic mass is 9.93. The summed E-state index contributed by atoms with van der Waals surface area (Å²) in [6.45, 7) is 0. The van der Waals surface area contributed by atoms with E-state index in [1.165, 1.54) is 38.5 Å². The van der Waals surface area contributed by atoms with Gasteiger partial charge in [-0.05, 0) is 38.5 Å². The average Bonchev–Trinajstić information content (AvgIpc) is 2.34. The van der Waals surface area contributed by atoms with Crippen LogP contribution in [0.5, 0.6) is 0 Å². The first-order chi connectivity index (χ1) is 4.88. The van der Waals surface area contributed by atoms with Gasteiger partial charge in [-0.3, -0.25) is 0 Å². The fourth-order valence-corrected chi connectivity index (χ4v) is 2.23. The van der Waals surface area contributed by atoms with E-state index in [0.29, 0.717) is 6.04 Å². The molecule has 0 aliphatic heterocycles. The van der Waals surface area contributed by atoms with Crippen molar-refractivity contribution in [2.45, 2.75) is 44.6 Å². The van der Waals surface area contributed by atoms with Gasteiger partial charge in [-0.25, -0.2) is 0 Å². The van der Waals surface area contributed by atoms with Crippen molar-refractivity contribution in [1.82, 2.24) is 0 Å². The van der Waals surface area contributed by atoms with E-state index in [0.717, 1.165) is 0 Å². The molecule has 0 fully saturated rings. The molecule has 1 nitrogen and oxygen atoms in total. The molecule has 0 aromatic rings. The summed E-state index contributed by atoms with van der Waals surface area (Å²) in [6.07, 6.45) is 7.97. The summed E-state index contributed by atoms with van der Waals surface area (Å²) in [5.74, 6) is 0. The van der Waals surface area contributed by atoms with E-state index in [4.69, 9.17) is 5.73 Å². The van der Waals surface area contributed by atoms with Crippen LogP contribution >= 0.6 is 0 Å². The van der Waals surface area contributed by atoms with Gasteiger partial charge in [0.1, 0.15) is 0 Å². The van der Waals surface area contributed by atoms with E-state index in [1.807, 2.05) is 0 Å². The molecule has 0 amide bonds. The van der Waals surface area contributed by atoms with Gasteiger partial charge < -0.3 is 5.73 Å². The van der Waals surface area contributed by atoms with E-state index in [-0.39, 0.29) is 0 Å². The molecule has 10 heavy (non-hydrogen) atoms. The van der Waals surface area contributed by atoms with Crippen molar-refractivity contribution in [2.24, 2.45) is 5.73 Å². The second kappa shape index (κ2) is 2.39. The van der Waals surface area contributed by atoms with Gasteiger partial charge in [0.2, 0.25) is 0 Å². The lowest BCUT2D eigenvalue weighted by Crippen LogP contribution is -2.19. The van der Waals surface area contributed by atoms with Crippen LogP contribution in [-0.2, 0) is 0 Å². The highest BCUT2D eigenvalue weighted by Crippen LogP contribution is 2.35. The molecule has 0 spiro atoms. The third-order valence-electron chi connectivity index (χ3n) is 2.83. The Morgan fingerprint density at radius 2 is 1.90 bits per heavy atom. The predicted octanol–water partition coefficient (Wildman–Crippen LogP) is 1.98. The van der Waals surface area contributed by atoms with Crippen LogP contribution in [0.1, 0.15) is 38.5 Å². The van der Waals surface area contributed by atoms with Crippen LogP contribution in [0, 0.1) is 0 Å². The van der Waals surface area contributed by atoms with Gasteiger partial charge in [0, 0.05) is 6.04 Å². The highest BCUT2D eigenvalue weighted by molar-refractivity contribution is 5.27.